The van der Waals surface area contributed by atoms with Crippen LogP contribution in [0.4, 0.5) is 4.79 Å². The predicted molar refractivity (Wildman–Crippen MR) is 109 cm³/mol. The number of rotatable bonds is 7. The SMILES string of the molecule is Cc1ccc(-c2c(Cc3nn[nH]n3)c(C)nc(CC(C)C)c2COC(N)=O)cc1. The molecule has 0 spiro atoms. The molecule has 3 N–H and O–H groups in total. The molecule has 8 nitrogen and oxygen atoms in total. The van der Waals surface area contributed by atoms with Gasteiger partial charge < -0.3 is 10.5 Å². The van der Waals surface area contributed by atoms with E-state index in [0.717, 1.165) is 45.6 Å². The van der Waals surface area contributed by atoms with Gasteiger partial charge in [-0.05, 0) is 42.9 Å². The molecule has 3 aromatic rings. The van der Waals surface area contributed by atoms with E-state index < -0.39 is 6.09 Å². The van der Waals surface area contributed by atoms with E-state index in [4.69, 9.17) is 15.5 Å². The molecule has 0 aliphatic carbocycles. The number of nitrogens with zero attached hydrogens (tertiary/aromatic N) is 4. The smallest absolute Gasteiger partial charge is 0.404 e. The number of primary amides is 1. The van der Waals surface area contributed by atoms with Crippen molar-refractivity contribution in [1.29, 1.82) is 0 Å². The first-order valence-electron chi connectivity index (χ1n) is 9.58. The molecule has 0 fully saturated rings. The van der Waals surface area contributed by atoms with Gasteiger partial charge in [0.25, 0.3) is 0 Å². The number of carbonyl (C=O) groups excluding carboxylic acids is 1. The number of ether oxygens (including phenoxy) is 1. The van der Waals surface area contributed by atoms with E-state index in [9.17, 15) is 4.79 Å². The van der Waals surface area contributed by atoms with Crippen molar-refractivity contribution < 1.29 is 9.53 Å². The third-order valence-electron chi connectivity index (χ3n) is 4.72. The lowest BCUT2D eigenvalue weighted by Gasteiger charge is -2.21. The molecule has 0 saturated carbocycles. The summed E-state index contributed by atoms with van der Waals surface area (Å²) < 4.78 is 5.22. The lowest BCUT2D eigenvalue weighted by atomic mass is 9.89. The van der Waals surface area contributed by atoms with Crippen molar-refractivity contribution in [3.05, 3.63) is 58.2 Å². The number of aromatic nitrogens is 5. The predicted octanol–water partition coefficient (Wildman–Crippen LogP) is 3.26. The number of aromatic amines is 1. The number of nitrogens with one attached hydrogen (secondary N) is 1. The fourth-order valence-corrected chi connectivity index (χ4v) is 3.40. The Bertz CT molecular complexity index is 981. The lowest BCUT2D eigenvalue weighted by molar-refractivity contribution is 0.150. The number of carbonyl (C=O) groups is 1. The molecular weight excluding hydrogens is 368 g/mol. The van der Waals surface area contributed by atoms with E-state index >= 15 is 0 Å². The van der Waals surface area contributed by atoms with Crippen LogP contribution in [0.15, 0.2) is 24.3 Å². The van der Waals surface area contributed by atoms with Gasteiger partial charge in [0.05, 0.1) is 0 Å². The zero-order valence-electron chi connectivity index (χ0n) is 17.2. The van der Waals surface area contributed by atoms with Gasteiger partial charge in [-0.3, -0.25) is 4.98 Å². The summed E-state index contributed by atoms with van der Waals surface area (Å²) in [5.74, 6) is 0.963. The average molecular weight is 394 g/mol. The van der Waals surface area contributed by atoms with E-state index in [0.29, 0.717) is 18.2 Å². The second-order valence-electron chi connectivity index (χ2n) is 7.55. The van der Waals surface area contributed by atoms with Crippen molar-refractivity contribution in [3.63, 3.8) is 0 Å². The molecule has 0 bridgehead atoms. The molecule has 29 heavy (non-hydrogen) atoms. The van der Waals surface area contributed by atoms with Crippen LogP contribution in [0.3, 0.4) is 0 Å². The second-order valence-corrected chi connectivity index (χ2v) is 7.55. The zero-order valence-corrected chi connectivity index (χ0v) is 17.2. The molecule has 1 amide bonds. The van der Waals surface area contributed by atoms with E-state index in [2.05, 4.69) is 58.7 Å². The maximum absolute atomic E-state index is 11.4. The van der Waals surface area contributed by atoms with Gasteiger partial charge in [-0.1, -0.05) is 48.9 Å². The van der Waals surface area contributed by atoms with E-state index in [1.54, 1.807) is 0 Å². The van der Waals surface area contributed by atoms with Gasteiger partial charge in [0, 0.05) is 23.4 Å². The summed E-state index contributed by atoms with van der Waals surface area (Å²) in [6, 6.07) is 8.25. The van der Waals surface area contributed by atoms with Crippen molar-refractivity contribution in [1.82, 2.24) is 25.6 Å². The summed E-state index contributed by atoms with van der Waals surface area (Å²) >= 11 is 0. The van der Waals surface area contributed by atoms with E-state index in [1.807, 2.05) is 13.8 Å². The van der Waals surface area contributed by atoms with Crippen LogP contribution in [0.2, 0.25) is 0 Å². The van der Waals surface area contributed by atoms with E-state index in [-0.39, 0.29) is 6.61 Å². The Kier molecular flexibility index (Phi) is 6.21. The minimum Gasteiger partial charge on any atom is -0.445 e. The highest BCUT2D eigenvalue weighted by Gasteiger charge is 2.22. The number of hydrogen-bond acceptors (Lipinski definition) is 6. The number of aryl methyl sites for hydroxylation is 2. The molecule has 8 heteroatoms. The highest BCUT2D eigenvalue weighted by Crippen LogP contribution is 2.34. The molecular formula is C21H26N6O2. The largest absolute Gasteiger partial charge is 0.445 e. The molecule has 0 unspecified atom stereocenters. The van der Waals surface area contributed by atoms with Crippen LogP contribution >= 0.6 is 0 Å². The van der Waals surface area contributed by atoms with Crippen LogP contribution < -0.4 is 5.73 Å². The maximum atomic E-state index is 11.4. The second kappa shape index (κ2) is 8.81. The Morgan fingerprint density at radius 2 is 1.90 bits per heavy atom. The van der Waals surface area contributed by atoms with Crippen molar-refractivity contribution in [2.24, 2.45) is 11.7 Å². The Hall–Kier alpha value is -3.29. The van der Waals surface area contributed by atoms with Crippen LogP contribution in [-0.4, -0.2) is 31.7 Å². The van der Waals surface area contributed by atoms with Gasteiger partial charge in [-0.25, -0.2) is 4.79 Å². The minimum absolute atomic E-state index is 0.0626. The Balaban J connectivity index is 2.24. The van der Waals surface area contributed by atoms with Gasteiger partial charge in [0.15, 0.2) is 5.82 Å². The topological polar surface area (TPSA) is 120 Å². The number of H-pyrrole nitrogens is 1. The fourth-order valence-electron chi connectivity index (χ4n) is 3.40. The summed E-state index contributed by atoms with van der Waals surface area (Å²) in [5, 5.41) is 14.3. The maximum Gasteiger partial charge on any atom is 0.404 e. The molecule has 2 aromatic heterocycles. The average Bonchev–Trinajstić information content (AvgIpc) is 3.16. The first-order valence-corrected chi connectivity index (χ1v) is 9.58. The number of amides is 1. The molecule has 152 valence electrons. The van der Waals surface area contributed by atoms with Gasteiger partial charge in [0.2, 0.25) is 0 Å². The van der Waals surface area contributed by atoms with Crippen LogP contribution in [0.25, 0.3) is 11.1 Å². The van der Waals surface area contributed by atoms with E-state index in [1.165, 1.54) is 0 Å². The Labute approximate surface area is 169 Å². The first kappa shape index (κ1) is 20.4. The molecule has 1 aromatic carbocycles. The third-order valence-corrected chi connectivity index (χ3v) is 4.72. The number of tetrazole rings is 1. The van der Waals surface area contributed by atoms with Crippen LogP contribution in [-0.2, 0) is 24.2 Å². The minimum atomic E-state index is -0.810. The number of pyridine rings is 1. The monoisotopic (exact) mass is 394 g/mol. The summed E-state index contributed by atoms with van der Waals surface area (Å²) in [4.78, 5) is 16.2. The summed E-state index contributed by atoms with van der Waals surface area (Å²) in [7, 11) is 0. The van der Waals surface area contributed by atoms with Gasteiger partial charge >= 0.3 is 6.09 Å². The van der Waals surface area contributed by atoms with Crippen molar-refractivity contribution >= 4 is 6.09 Å². The quantitative estimate of drug-likeness (QED) is 0.635. The lowest BCUT2D eigenvalue weighted by Crippen LogP contribution is -2.16. The first-order chi connectivity index (χ1) is 13.8. The number of nitrogens with two attached hydrogens (primary N) is 1. The van der Waals surface area contributed by atoms with Crippen molar-refractivity contribution in [3.8, 4) is 11.1 Å². The van der Waals surface area contributed by atoms with Crippen molar-refractivity contribution in [2.45, 2.75) is 47.1 Å². The summed E-state index contributed by atoms with van der Waals surface area (Å²) in [6.07, 6.45) is 0.416. The molecule has 0 aliphatic rings. The third kappa shape index (κ3) is 4.96. The van der Waals surface area contributed by atoms with Crippen LogP contribution in [0.5, 0.6) is 0 Å². The summed E-state index contributed by atoms with van der Waals surface area (Å²) in [5.41, 5.74) is 12.1. The van der Waals surface area contributed by atoms with Gasteiger partial charge in [-0.2, -0.15) is 5.21 Å². The Morgan fingerprint density at radius 1 is 1.17 bits per heavy atom. The molecule has 0 aliphatic heterocycles. The molecule has 2 heterocycles. The Morgan fingerprint density at radius 3 is 2.48 bits per heavy atom. The fraction of sp³-hybridized carbons (Fsp3) is 0.381. The van der Waals surface area contributed by atoms with Gasteiger partial charge in [-0.15, -0.1) is 10.2 Å². The normalized spacial score (nSPS) is 11.1. The molecule has 3 rings (SSSR count). The van der Waals surface area contributed by atoms with Gasteiger partial charge in [0.1, 0.15) is 6.61 Å². The number of hydrogen-bond donors (Lipinski definition) is 2. The van der Waals surface area contributed by atoms with Crippen molar-refractivity contribution in [2.75, 3.05) is 0 Å². The number of benzene rings is 1. The highest BCUT2D eigenvalue weighted by molar-refractivity contribution is 5.74. The highest BCUT2D eigenvalue weighted by atomic mass is 16.5. The molecule has 0 radical (unpaired) electrons. The standard InChI is InChI=1S/C21H26N6O2/c1-12(2)9-18-17(11-29-21(22)28)20(15-7-5-13(3)6-8-15)16(14(4)23-18)10-19-24-26-27-25-19/h5-8,12H,9-11H2,1-4H3,(H2,22,28)(H,24,25,26,27). The van der Waals surface area contributed by atoms with Crippen LogP contribution in [0.1, 0.15) is 47.8 Å². The summed E-state index contributed by atoms with van der Waals surface area (Å²) in [6.45, 7) is 8.36. The van der Waals surface area contributed by atoms with Crippen LogP contribution in [0, 0.1) is 19.8 Å². The molecule has 0 atom stereocenters. The molecule has 0 saturated heterocycles. The zero-order chi connectivity index (χ0) is 21.0.